The molecule has 0 aromatic rings. The second-order valence-electron chi connectivity index (χ2n) is 3.43. The second kappa shape index (κ2) is 7.09. The summed E-state index contributed by atoms with van der Waals surface area (Å²) in [6, 6.07) is 0. The van der Waals surface area contributed by atoms with E-state index >= 15 is 0 Å². The van der Waals surface area contributed by atoms with Gasteiger partial charge in [-0.2, -0.15) is 0 Å². The van der Waals surface area contributed by atoms with Gasteiger partial charge in [-0.05, 0) is 13.0 Å². The molecule has 15 heavy (non-hydrogen) atoms. The molecule has 0 amide bonds. The highest BCUT2D eigenvalue weighted by molar-refractivity contribution is 7.45. The molecule has 0 spiro atoms. The normalized spacial score (nSPS) is 17.5. The molecule has 0 bridgehead atoms. The summed E-state index contributed by atoms with van der Waals surface area (Å²) >= 11 is 0. The van der Waals surface area contributed by atoms with Gasteiger partial charge in [0.2, 0.25) is 0 Å². The lowest BCUT2D eigenvalue weighted by molar-refractivity contribution is -0.116. The maximum atomic E-state index is 10.8. The van der Waals surface area contributed by atoms with Crippen LogP contribution in [0.15, 0.2) is 0 Å². The summed E-state index contributed by atoms with van der Waals surface area (Å²) in [7, 11) is -4.64. The molecule has 0 saturated carbocycles. The van der Waals surface area contributed by atoms with Gasteiger partial charge in [0.1, 0.15) is 5.78 Å². The Balaban J connectivity index is 0.000000336. The lowest BCUT2D eigenvalue weighted by atomic mass is 10.3. The van der Waals surface area contributed by atoms with E-state index in [1.54, 1.807) is 0 Å². The van der Waals surface area contributed by atoms with Gasteiger partial charge in [0.25, 0.3) is 0 Å². The Morgan fingerprint density at radius 3 is 2.27 bits per heavy atom. The van der Waals surface area contributed by atoms with Gasteiger partial charge in [-0.1, -0.05) is 13.3 Å². The van der Waals surface area contributed by atoms with Crippen molar-refractivity contribution >= 4 is 13.6 Å². The topological polar surface area (TPSA) is 98.1 Å². The van der Waals surface area contributed by atoms with Crippen LogP contribution in [-0.2, 0) is 9.36 Å². The Kier molecular flexibility index (Phi) is 6.96. The standard InChI is InChI=1S/C8H15NO.H3O4P/c1-2-3-5-9-6-4-8(10)7-9;1-5(2,3)4/h2-7H2,1H3;(H3,1,2,3,4). The lowest BCUT2D eigenvalue weighted by Crippen LogP contribution is -2.21. The van der Waals surface area contributed by atoms with Gasteiger partial charge >= 0.3 is 7.82 Å². The Morgan fingerprint density at radius 1 is 1.40 bits per heavy atom. The van der Waals surface area contributed by atoms with Crippen LogP contribution in [0.3, 0.4) is 0 Å². The second-order valence-corrected chi connectivity index (χ2v) is 4.46. The molecule has 0 atom stereocenters. The molecule has 90 valence electrons. The molecular formula is C8H18NO5P. The lowest BCUT2D eigenvalue weighted by Gasteiger charge is -2.11. The van der Waals surface area contributed by atoms with E-state index in [1.807, 2.05) is 0 Å². The predicted octanol–water partition coefficient (Wildman–Crippen LogP) is 0.133. The van der Waals surface area contributed by atoms with E-state index in [9.17, 15) is 4.79 Å². The van der Waals surface area contributed by atoms with E-state index in [-0.39, 0.29) is 0 Å². The van der Waals surface area contributed by atoms with Gasteiger partial charge in [0.15, 0.2) is 0 Å². The predicted molar refractivity (Wildman–Crippen MR) is 55.2 cm³/mol. The third kappa shape index (κ3) is 11.7. The summed E-state index contributed by atoms with van der Waals surface area (Å²) in [6.45, 7) is 5.00. The van der Waals surface area contributed by atoms with Gasteiger partial charge in [-0.25, -0.2) is 4.57 Å². The minimum atomic E-state index is -4.64. The Morgan fingerprint density at radius 2 is 1.93 bits per heavy atom. The average molecular weight is 239 g/mol. The van der Waals surface area contributed by atoms with Crippen molar-refractivity contribution < 1.29 is 24.0 Å². The minimum absolute atomic E-state index is 0.413. The van der Waals surface area contributed by atoms with Crippen molar-refractivity contribution in [3.05, 3.63) is 0 Å². The molecular weight excluding hydrogens is 221 g/mol. The van der Waals surface area contributed by atoms with Crippen LogP contribution >= 0.6 is 7.82 Å². The fraction of sp³-hybridized carbons (Fsp3) is 0.875. The molecule has 0 unspecified atom stereocenters. The number of hydrogen-bond acceptors (Lipinski definition) is 3. The zero-order valence-corrected chi connectivity index (χ0v) is 9.69. The maximum absolute atomic E-state index is 10.8. The highest BCUT2D eigenvalue weighted by Crippen LogP contribution is 2.25. The molecule has 0 aromatic carbocycles. The number of unbranched alkanes of at least 4 members (excludes halogenated alkanes) is 1. The third-order valence-electron chi connectivity index (χ3n) is 1.93. The summed E-state index contributed by atoms with van der Waals surface area (Å²) < 4.78 is 8.88. The van der Waals surface area contributed by atoms with Crippen molar-refractivity contribution in [2.75, 3.05) is 19.6 Å². The van der Waals surface area contributed by atoms with Crippen LogP contribution in [0.5, 0.6) is 0 Å². The largest absolute Gasteiger partial charge is 0.466 e. The maximum Gasteiger partial charge on any atom is 0.466 e. The molecule has 1 aliphatic heterocycles. The van der Waals surface area contributed by atoms with Crippen LogP contribution in [-0.4, -0.2) is 45.0 Å². The molecule has 0 radical (unpaired) electrons. The molecule has 1 saturated heterocycles. The number of Topliss-reactive ketones (excluding diaryl/α,β-unsaturated/α-hetero) is 1. The highest BCUT2D eigenvalue weighted by atomic mass is 31.2. The molecule has 6 nitrogen and oxygen atoms in total. The zero-order chi connectivity index (χ0) is 11.9. The van der Waals surface area contributed by atoms with Crippen molar-refractivity contribution in [2.24, 2.45) is 0 Å². The summed E-state index contributed by atoms with van der Waals surface area (Å²) in [5.74, 6) is 0.413. The summed E-state index contributed by atoms with van der Waals surface area (Å²) in [5.41, 5.74) is 0. The van der Waals surface area contributed by atoms with E-state index < -0.39 is 7.82 Å². The first-order valence-electron chi connectivity index (χ1n) is 4.85. The fourth-order valence-corrected chi connectivity index (χ4v) is 1.26. The van der Waals surface area contributed by atoms with Crippen LogP contribution in [0.1, 0.15) is 26.2 Å². The number of likely N-dealkylation sites (tertiary alicyclic amines) is 1. The van der Waals surface area contributed by atoms with Crippen molar-refractivity contribution in [1.82, 2.24) is 4.90 Å². The number of phosphoric acid groups is 1. The first-order chi connectivity index (χ1) is 6.83. The number of rotatable bonds is 3. The molecule has 1 fully saturated rings. The number of hydrogen-bond donors (Lipinski definition) is 3. The van der Waals surface area contributed by atoms with E-state index in [1.165, 1.54) is 12.8 Å². The van der Waals surface area contributed by atoms with Gasteiger partial charge in [0, 0.05) is 13.0 Å². The smallest absolute Gasteiger partial charge is 0.303 e. The Labute approximate surface area is 89.1 Å². The van der Waals surface area contributed by atoms with E-state index in [4.69, 9.17) is 19.2 Å². The van der Waals surface area contributed by atoms with Crippen molar-refractivity contribution in [3.63, 3.8) is 0 Å². The molecule has 0 aromatic heterocycles. The van der Waals surface area contributed by atoms with E-state index in [2.05, 4.69) is 11.8 Å². The number of carbonyl (C=O) groups is 1. The van der Waals surface area contributed by atoms with Crippen LogP contribution in [0, 0.1) is 0 Å². The van der Waals surface area contributed by atoms with Gasteiger partial charge in [-0.3, -0.25) is 9.69 Å². The van der Waals surface area contributed by atoms with Gasteiger partial charge in [-0.15, -0.1) is 0 Å². The van der Waals surface area contributed by atoms with Crippen molar-refractivity contribution in [1.29, 1.82) is 0 Å². The van der Waals surface area contributed by atoms with Crippen LogP contribution < -0.4 is 0 Å². The monoisotopic (exact) mass is 239 g/mol. The summed E-state index contributed by atoms with van der Waals surface area (Å²) in [5, 5.41) is 0. The minimum Gasteiger partial charge on any atom is -0.303 e. The quantitative estimate of drug-likeness (QED) is 0.606. The zero-order valence-electron chi connectivity index (χ0n) is 8.80. The van der Waals surface area contributed by atoms with E-state index in [0.717, 1.165) is 19.5 Å². The fourth-order valence-electron chi connectivity index (χ4n) is 1.26. The first-order valence-corrected chi connectivity index (χ1v) is 6.41. The molecule has 7 heteroatoms. The Hall–Kier alpha value is -0.260. The highest BCUT2D eigenvalue weighted by Gasteiger charge is 2.17. The SMILES string of the molecule is CCCCN1CCC(=O)C1.O=P(O)(O)O. The first kappa shape index (κ1) is 14.7. The molecule has 1 aliphatic rings. The summed E-state index contributed by atoms with van der Waals surface area (Å²) in [6.07, 6.45) is 3.24. The number of nitrogens with zero attached hydrogens (tertiary/aromatic N) is 1. The number of carbonyl (C=O) groups excluding carboxylic acids is 1. The molecule has 1 heterocycles. The van der Waals surface area contributed by atoms with Crippen LogP contribution in [0.2, 0.25) is 0 Å². The van der Waals surface area contributed by atoms with Crippen molar-refractivity contribution in [2.45, 2.75) is 26.2 Å². The molecule has 3 N–H and O–H groups in total. The Bertz CT molecular complexity index is 231. The molecule has 1 rings (SSSR count). The molecule has 0 aliphatic carbocycles. The van der Waals surface area contributed by atoms with Gasteiger partial charge in [0.05, 0.1) is 6.54 Å². The third-order valence-corrected chi connectivity index (χ3v) is 1.93. The summed E-state index contributed by atoms with van der Waals surface area (Å²) in [4.78, 5) is 34.6. The van der Waals surface area contributed by atoms with Gasteiger partial charge < -0.3 is 14.7 Å². The van der Waals surface area contributed by atoms with E-state index in [0.29, 0.717) is 12.3 Å². The number of ketones is 1. The van der Waals surface area contributed by atoms with Crippen LogP contribution in [0.25, 0.3) is 0 Å². The van der Waals surface area contributed by atoms with Crippen molar-refractivity contribution in [3.8, 4) is 0 Å². The van der Waals surface area contributed by atoms with Crippen LogP contribution in [0.4, 0.5) is 0 Å². The average Bonchev–Trinajstić information content (AvgIpc) is 2.45.